The second kappa shape index (κ2) is 4.89. The van der Waals surface area contributed by atoms with Crippen LogP contribution in [0, 0.1) is 0 Å². The van der Waals surface area contributed by atoms with Crippen molar-refractivity contribution in [2.24, 2.45) is 0 Å². The van der Waals surface area contributed by atoms with Crippen molar-refractivity contribution in [2.75, 3.05) is 0 Å². The lowest BCUT2D eigenvalue weighted by Crippen LogP contribution is -2.07. The fraction of sp³-hybridized carbons (Fsp3) is 0.333. The van der Waals surface area contributed by atoms with E-state index in [9.17, 15) is 8.42 Å². The van der Waals surface area contributed by atoms with Crippen LogP contribution in [-0.2, 0) is 15.6 Å². The molecule has 0 N–H and O–H groups in total. The number of hydrogen-bond donors (Lipinski definition) is 0. The largest absolute Gasteiger partial charge is 0.270 e. The fourth-order valence-corrected chi connectivity index (χ4v) is 2.77. The topological polar surface area (TPSA) is 64.8 Å². The van der Waals surface area contributed by atoms with Crippen molar-refractivity contribution in [3.05, 3.63) is 42.5 Å². The van der Waals surface area contributed by atoms with Gasteiger partial charge in [0.1, 0.15) is 0 Å². The monoisotopic (exact) mass is 265 g/mol. The molecule has 0 aliphatic heterocycles. The maximum atomic E-state index is 12.1. The second-order valence-electron chi connectivity index (χ2n) is 4.33. The Bertz CT molecular complexity index is 618. The summed E-state index contributed by atoms with van der Waals surface area (Å²) in [4.78, 5) is 4.05. The molecule has 0 radical (unpaired) electrons. The first-order chi connectivity index (χ1) is 8.49. The van der Waals surface area contributed by atoms with Crippen LogP contribution in [0.3, 0.4) is 0 Å². The lowest BCUT2D eigenvalue weighted by atomic mass is 10.4. The number of sulfone groups is 1. The van der Waals surface area contributed by atoms with E-state index in [2.05, 4.69) is 10.1 Å². The van der Waals surface area contributed by atoms with Crippen molar-refractivity contribution in [3.8, 4) is 0 Å². The molecule has 0 aliphatic carbocycles. The molecule has 6 heteroatoms. The molecule has 0 aliphatic rings. The van der Waals surface area contributed by atoms with Crippen LogP contribution in [0.15, 0.2) is 41.7 Å². The number of nitrogens with zero attached hydrogens (tertiary/aromatic N) is 3. The van der Waals surface area contributed by atoms with Gasteiger partial charge in [-0.1, -0.05) is 0 Å². The summed E-state index contributed by atoms with van der Waals surface area (Å²) in [6, 6.07) is 5.11. The van der Waals surface area contributed by atoms with E-state index in [0.29, 0.717) is 5.69 Å². The normalized spacial score (nSPS) is 11.9. The number of aromatic nitrogens is 3. The van der Waals surface area contributed by atoms with Gasteiger partial charge in [-0.25, -0.2) is 8.42 Å². The van der Waals surface area contributed by atoms with Crippen LogP contribution in [0.1, 0.15) is 25.6 Å². The Morgan fingerprint density at radius 1 is 1.33 bits per heavy atom. The SMILES string of the molecule is CC(C)n1ccc(CS(=O)(=O)c2cccnc2)n1. The first kappa shape index (κ1) is 12.8. The van der Waals surface area contributed by atoms with E-state index in [1.54, 1.807) is 35.3 Å². The van der Waals surface area contributed by atoms with Gasteiger partial charge in [-0.15, -0.1) is 0 Å². The van der Waals surface area contributed by atoms with Gasteiger partial charge in [0.2, 0.25) is 0 Å². The molecule has 5 nitrogen and oxygen atoms in total. The van der Waals surface area contributed by atoms with E-state index >= 15 is 0 Å². The molecule has 0 atom stereocenters. The molecular weight excluding hydrogens is 250 g/mol. The Kier molecular flexibility index (Phi) is 3.47. The van der Waals surface area contributed by atoms with Crippen molar-refractivity contribution in [1.82, 2.24) is 14.8 Å². The molecule has 0 amide bonds. The minimum atomic E-state index is -3.36. The van der Waals surface area contributed by atoms with Crippen molar-refractivity contribution in [2.45, 2.75) is 30.5 Å². The Labute approximate surface area is 106 Å². The zero-order valence-corrected chi connectivity index (χ0v) is 11.1. The highest BCUT2D eigenvalue weighted by atomic mass is 32.2. The Hall–Kier alpha value is -1.69. The van der Waals surface area contributed by atoms with Gasteiger partial charge in [0.15, 0.2) is 9.84 Å². The summed E-state index contributed by atoms with van der Waals surface area (Å²) in [7, 11) is -3.36. The van der Waals surface area contributed by atoms with Gasteiger partial charge in [-0.3, -0.25) is 9.67 Å². The summed E-state index contributed by atoms with van der Waals surface area (Å²) in [6.07, 6.45) is 4.69. The van der Waals surface area contributed by atoms with Crippen molar-refractivity contribution in [1.29, 1.82) is 0 Å². The van der Waals surface area contributed by atoms with Crippen LogP contribution < -0.4 is 0 Å². The molecule has 2 aromatic heterocycles. The predicted octanol–water partition coefficient (Wildman–Crippen LogP) is 1.83. The molecule has 0 spiro atoms. The Morgan fingerprint density at radius 3 is 2.67 bits per heavy atom. The van der Waals surface area contributed by atoms with E-state index in [1.807, 2.05) is 13.8 Å². The Morgan fingerprint density at radius 2 is 2.11 bits per heavy atom. The van der Waals surface area contributed by atoms with Crippen molar-refractivity contribution in [3.63, 3.8) is 0 Å². The van der Waals surface area contributed by atoms with E-state index in [-0.39, 0.29) is 16.7 Å². The third kappa shape index (κ3) is 2.76. The molecule has 0 saturated carbocycles. The van der Waals surface area contributed by atoms with Gasteiger partial charge in [-0.05, 0) is 32.0 Å². The molecule has 2 rings (SSSR count). The molecule has 0 bridgehead atoms. The highest BCUT2D eigenvalue weighted by molar-refractivity contribution is 7.90. The van der Waals surface area contributed by atoms with Crippen molar-refractivity contribution < 1.29 is 8.42 Å². The third-order valence-electron chi connectivity index (χ3n) is 2.52. The highest BCUT2D eigenvalue weighted by Gasteiger charge is 2.17. The third-order valence-corrected chi connectivity index (χ3v) is 4.16. The molecule has 0 fully saturated rings. The molecule has 2 aromatic rings. The summed E-state index contributed by atoms with van der Waals surface area (Å²) >= 11 is 0. The zero-order chi connectivity index (χ0) is 13.2. The molecule has 96 valence electrons. The maximum Gasteiger partial charge on any atom is 0.185 e. The van der Waals surface area contributed by atoms with Crippen LogP contribution in [-0.4, -0.2) is 23.2 Å². The minimum absolute atomic E-state index is 0.0988. The van der Waals surface area contributed by atoms with Crippen LogP contribution in [0.4, 0.5) is 0 Å². The van der Waals surface area contributed by atoms with E-state index in [0.717, 1.165) is 0 Å². The molecule has 0 aromatic carbocycles. The number of pyridine rings is 1. The van der Waals surface area contributed by atoms with Crippen LogP contribution in [0.25, 0.3) is 0 Å². The quantitative estimate of drug-likeness (QED) is 0.846. The summed E-state index contributed by atoms with van der Waals surface area (Å²) in [5.74, 6) is -0.0988. The number of rotatable bonds is 4. The molecular formula is C12H15N3O2S. The number of hydrogen-bond acceptors (Lipinski definition) is 4. The smallest absolute Gasteiger partial charge is 0.185 e. The van der Waals surface area contributed by atoms with Crippen LogP contribution >= 0.6 is 0 Å². The lowest BCUT2D eigenvalue weighted by molar-refractivity contribution is 0.527. The van der Waals surface area contributed by atoms with Gasteiger partial charge in [0.05, 0.1) is 16.3 Å². The van der Waals surface area contributed by atoms with E-state index < -0.39 is 9.84 Å². The highest BCUT2D eigenvalue weighted by Crippen LogP contribution is 2.14. The molecule has 2 heterocycles. The van der Waals surface area contributed by atoms with E-state index in [1.165, 1.54) is 6.20 Å². The summed E-state index contributed by atoms with van der Waals surface area (Å²) < 4.78 is 25.9. The summed E-state index contributed by atoms with van der Waals surface area (Å²) in [6.45, 7) is 3.98. The molecule has 18 heavy (non-hydrogen) atoms. The van der Waals surface area contributed by atoms with Gasteiger partial charge in [0.25, 0.3) is 0 Å². The second-order valence-corrected chi connectivity index (χ2v) is 6.32. The van der Waals surface area contributed by atoms with Crippen molar-refractivity contribution >= 4 is 9.84 Å². The Balaban J connectivity index is 2.23. The lowest BCUT2D eigenvalue weighted by Gasteiger charge is -2.04. The van der Waals surface area contributed by atoms with Gasteiger partial charge >= 0.3 is 0 Å². The fourth-order valence-electron chi connectivity index (χ4n) is 1.55. The maximum absolute atomic E-state index is 12.1. The average Bonchev–Trinajstić information content (AvgIpc) is 2.78. The van der Waals surface area contributed by atoms with Crippen LogP contribution in [0.2, 0.25) is 0 Å². The first-order valence-corrected chi connectivity index (χ1v) is 7.31. The zero-order valence-electron chi connectivity index (χ0n) is 10.3. The standard InChI is InChI=1S/C12H15N3O2S/c1-10(2)15-7-5-11(14-15)9-18(16,17)12-4-3-6-13-8-12/h3-8,10H,9H2,1-2H3. The van der Waals surface area contributed by atoms with Gasteiger partial charge in [0, 0.05) is 24.6 Å². The van der Waals surface area contributed by atoms with Crippen LogP contribution in [0.5, 0.6) is 0 Å². The van der Waals surface area contributed by atoms with Gasteiger partial charge in [-0.2, -0.15) is 5.10 Å². The minimum Gasteiger partial charge on any atom is -0.270 e. The summed E-state index contributed by atoms with van der Waals surface area (Å²) in [5.41, 5.74) is 0.549. The van der Waals surface area contributed by atoms with Gasteiger partial charge < -0.3 is 0 Å². The molecule has 0 saturated heterocycles. The molecule has 0 unspecified atom stereocenters. The first-order valence-electron chi connectivity index (χ1n) is 5.66. The summed E-state index contributed by atoms with van der Waals surface area (Å²) in [5, 5.41) is 4.24. The predicted molar refractivity (Wildman–Crippen MR) is 67.7 cm³/mol. The average molecular weight is 265 g/mol. The van der Waals surface area contributed by atoms with E-state index in [4.69, 9.17) is 0 Å².